The quantitative estimate of drug-likeness (QED) is 0.484. The third-order valence-electron chi connectivity index (χ3n) is 4.49. The first kappa shape index (κ1) is 21.4. The van der Waals surface area contributed by atoms with Crippen LogP contribution in [-0.4, -0.2) is 48.6 Å². The highest BCUT2D eigenvalue weighted by molar-refractivity contribution is 7.11. The van der Waals surface area contributed by atoms with Crippen LogP contribution < -0.4 is 10.6 Å². The Morgan fingerprint density at radius 2 is 2.04 bits per heavy atom. The van der Waals surface area contributed by atoms with Crippen LogP contribution in [0.25, 0.3) is 0 Å². The lowest BCUT2D eigenvalue weighted by atomic mass is 10.1. The molecular weight excluding hydrogens is 354 g/mol. The lowest BCUT2D eigenvalue weighted by Gasteiger charge is -2.24. The number of nitrogens with zero attached hydrogens (tertiary/aromatic N) is 3. The van der Waals surface area contributed by atoms with E-state index >= 15 is 0 Å². The summed E-state index contributed by atoms with van der Waals surface area (Å²) in [5.41, 5.74) is 1.35. The molecule has 1 atom stereocenters. The van der Waals surface area contributed by atoms with E-state index < -0.39 is 0 Å². The fourth-order valence-corrected chi connectivity index (χ4v) is 3.54. The van der Waals surface area contributed by atoms with Crippen molar-refractivity contribution in [1.82, 2.24) is 20.5 Å². The first-order valence-corrected chi connectivity index (χ1v) is 10.6. The van der Waals surface area contributed by atoms with Gasteiger partial charge < -0.3 is 10.6 Å². The van der Waals surface area contributed by atoms with Crippen molar-refractivity contribution < 1.29 is 0 Å². The number of guanidine groups is 1. The lowest BCUT2D eigenvalue weighted by molar-refractivity contribution is 0.240. The van der Waals surface area contributed by atoms with Gasteiger partial charge in [-0.05, 0) is 39.8 Å². The zero-order valence-corrected chi connectivity index (χ0v) is 17.9. The van der Waals surface area contributed by atoms with Gasteiger partial charge in [0.1, 0.15) is 0 Å². The molecule has 0 saturated heterocycles. The number of thiazole rings is 1. The minimum Gasteiger partial charge on any atom is -0.357 e. The molecule has 5 nitrogen and oxygen atoms in total. The maximum Gasteiger partial charge on any atom is 0.191 e. The average molecular weight is 388 g/mol. The van der Waals surface area contributed by atoms with Crippen molar-refractivity contribution in [3.05, 3.63) is 52.0 Å². The zero-order valence-electron chi connectivity index (χ0n) is 17.0. The third-order valence-corrected chi connectivity index (χ3v) is 5.46. The normalized spacial score (nSPS) is 13.0. The Hall–Kier alpha value is -1.92. The zero-order chi connectivity index (χ0) is 19.5. The molecule has 148 valence electrons. The van der Waals surface area contributed by atoms with E-state index in [-0.39, 0.29) is 0 Å². The van der Waals surface area contributed by atoms with Gasteiger partial charge in [-0.2, -0.15) is 0 Å². The highest BCUT2D eigenvalue weighted by Gasteiger charge is 2.09. The molecule has 1 aromatic carbocycles. The van der Waals surface area contributed by atoms with E-state index in [0.717, 1.165) is 45.0 Å². The van der Waals surface area contributed by atoms with Gasteiger partial charge >= 0.3 is 0 Å². The van der Waals surface area contributed by atoms with Crippen LogP contribution in [0.2, 0.25) is 0 Å². The van der Waals surface area contributed by atoms with Crippen LogP contribution in [0.1, 0.15) is 35.7 Å². The van der Waals surface area contributed by atoms with Gasteiger partial charge in [0, 0.05) is 49.7 Å². The minimum absolute atomic E-state index is 0.482. The number of hydrogen-bond acceptors (Lipinski definition) is 4. The van der Waals surface area contributed by atoms with Crippen molar-refractivity contribution in [2.75, 3.05) is 26.7 Å². The highest BCUT2D eigenvalue weighted by Crippen LogP contribution is 2.11. The Morgan fingerprint density at radius 3 is 2.70 bits per heavy atom. The van der Waals surface area contributed by atoms with E-state index in [4.69, 9.17) is 4.99 Å². The van der Waals surface area contributed by atoms with E-state index in [1.165, 1.54) is 15.4 Å². The second-order valence-corrected chi connectivity index (χ2v) is 8.16. The molecule has 1 aromatic heterocycles. The second-order valence-electron chi connectivity index (χ2n) is 6.84. The monoisotopic (exact) mass is 387 g/mol. The predicted octanol–water partition coefficient (Wildman–Crippen LogP) is 3.46. The SMILES string of the molecule is CCNC(=NCCC(C)N(C)Cc1ccccc1)NCCc1ncc(C)s1. The van der Waals surface area contributed by atoms with Crippen LogP contribution >= 0.6 is 11.3 Å². The number of nitrogens with one attached hydrogen (secondary N) is 2. The molecule has 0 aliphatic carbocycles. The van der Waals surface area contributed by atoms with Crippen LogP contribution in [0, 0.1) is 6.92 Å². The summed E-state index contributed by atoms with van der Waals surface area (Å²) in [5.74, 6) is 0.892. The number of rotatable bonds is 10. The Bertz CT molecular complexity index is 683. The topological polar surface area (TPSA) is 52.6 Å². The molecular formula is C21H33N5S. The lowest BCUT2D eigenvalue weighted by Crippen LogP contribution is -2.38. The summed E-state index contributed by atoms with van der Waals surface area (Å²) < 4.78 is 0. The fraction of sp³-hybridized carbons (Fsp3) is 0.524. The van der Waals surface area contributed by atoms with Crippen molar-refractivity contribution in [1.29, 1.82) is 0 Å². The molecule has 1 heterocycles. The Labute approximate surface area is 167 Å². The van der Waals surface area contributed by atoms with Gasteiger partial charge in [-0.3, -0.25) is 9.89 Å². The molecule has 2 aromatic rings. The number of aromatic nitrogens is 1. The summed E-state index contributed by atoms with van der Waals surface area (Å²) in [7, 11) is 2.18. The standard InChI is InChI=1S/C21H33N5S/c1-5-22-21(24-14-12-20-25-15-18(3)27-20)23-13-11-17(2)26(4)16-19-9-7-6-8-10-19/h6-10,15,17H,5,11-14,16H2,1-4H3,(H2,22,23,24). The van der Waals surface area contributed by atoms with E-state index in [1.54, 1.807) is 11.3 Å². The molecule has 1 unspecified atom stereocenters. The molecule has 2 N–H and O–H groups in total. The Kier molecular flexibility index (Phi) is 9.28. The average Bonchev–Trinajstić information content (AvgIpc) is 3.07. The van der Waals surface area contributed by atoms with Crippen LogP contribution in [0.5, 0.6) is 0 Å². The van der Waals surface area contributed by atoms with Crippen LogP contribution in [0.4, 0.5) is 0 Å². The maximum absolute atomic E-state index is 4.73. The molecule has 6 heteroatoms. The van der Waals surface area contributed by atoms with Gasteiger partial charge in [-0.1, -0.05) is 30.3 Å². The van der Waals surface area contributed by atoms with Gasteiger partial charge in [0.2, 0.25) is 0 Å². The smallest absolute Gasteiger partial charge is 0.191 e. The van der Waals surface area contributed by atoms with Gasteiger partial charge in [-0.25, -0.2) is 4.98 Å². The predicted molar refractivity (Wildman–Crippen MR) is 117 cm³/mol. The highest BCUT2D eigenvalue weighted by atomic mass is 32.1. The fourth-order valence-electron chi connectivity index (χ4n) is 2.76. The van der Waals surface area contributed by atoms with Gasteiger partial charge in [0.25, 0.3) is 0 Å². The van der Waals surface area contributed by atoms with Crippen LogP contribution in [0.15, 0.2) is 41.5 Å². The maximum atomic E-state index is 4.73. The van der Waals surface area contributed by atoms with E-state index in [9.17, 15) is 0 Å². The molecule has 0 aliphatic rings. The number of benzene rings is 1. The Morgan fingerprint density at radius 1 is 1.26 bits per heavy atom. The summed E-state index contributed by atoms with van der Waals surface area (Å²) in [5, 5.41) is 7.91. The van der Waals surface area contributed by atoms with Gasteiger partial charge in [-0.15, -0.1) is 11.3 Å². The molecule has 0 aliphatic heterocycles. The van der Waals surface area contributed by atoms with E-state index in [0.29, 0.717) is 6.04 Å². The molecule has 0 bridgehead atoms. The van der Waals surface area contributed by atoms with Crippen molar-refractivity contribution in [2.45, 2.75) is 46.2 Å². The van der Waals surface area contributed by atoms with E-state index in [2.05, 4.69) is 78.7 Å². The van der Waals surface area contributed by atoms with Crippen molar-refractivity contribution in [3.63, 3.8) is 0 Å². The molecule has 0 radical (unpaired) electrons. The van der Waals surface area contributed by atoms with Crippen LogP contribution in [0.3, 0.4) is 0 Å². The molecule has 0 amide bonds. The summed E-state index contributed by atoms with van der Waals surface area (Å²) in [4.78, 5) is 12.8. The first-order valence-electron chi connectivity index (χ1n) is 9.76. The minimum atomic E-state index is 0.482. The summed E-state index contributed by atoms with van der Waals surface area (Å²) >= 11 is 1.76. The molecule has 0 saturated carbocycles. The van der Waals surface area contributed by atoms with Gasteiger partial charge in [0.15, 0.2) is 5.96 Å². The van der Waals surface area contributed by atoms with Crippen molar-refractivity contribution in [2.24, 2.45) is 4.99 Å². The largest absolute Gasteiger partial charge is 0.357 e. The van der Waals surface area contributed by atoms with Crippen molar-refractivity contribution >= 4 is 17.3 Å². The Balaban J connectivity index is 1.74. The van der Waals surface area contributed by atoms with Crippen LogP contribution in [-0.2, 0) is 13.0 Å². The summed E-state index contributed by atoms with van der Waals surface area (Å²) in [6, 6.07) is 11.1. The van der Waals surface area contributed by atoms with Crippen molar-refractivity contribution in [3.8, 4) is 0 Å². The number of aliphatic imine (C=N–C) groups is 1. The first-order chi connectivity index (χ1) is 13.1. The second kappa shape index (κ2) is 11.7. The molecule has 27 heavy (non-hydrogen) atoms. The summed E-state index contributed by atoms with van der Waals surface area (Å²) in [6.07, 6.45) is 3.90. The number of aryl methyl sites for hydroxylation is 1. The molecule has 2 rings (SSSR count). The van der Waals surface area contributed by atoms with Gasteiger partial charge in [0.05, 0.1) is 5.01 Å². The number of hydrogen-bond donors (Lipinski definition) is 2. The summed E-state index contributed by atoms with van der Waals surface area (Å²) in [6.45, 7) is 9.95. The molecule has 0 spiro atoms. The third kappa shape index (κ3) is 8.10. The van der Waals surface area contributed by atoms with E-state index in [1.807, 2.05) is 6.20 Å². The molecule has 0 fully saturated rings.